The molecule has 208 valence electrons. The Balaban J connectivity index is 1.59. The SMILES string of the molecule is CCCCN(CCCO)C(=O)CN1CC(c2ccc3c(c2)OCO3)C(C(=O)O)C1CCN1C(=O)CCC1=O. The molecule has 11 nitrogen and oxygen atoms in total. The maximum absolute atomic E-state index is 13.4. The first-order valence-corrected chi connectivity index (χ1v) is 13.4. The highest BCUT2D eigenvalue weighted by atomic mass is 16.7. The Morgan fingerprint density at radius 1 is 1.08 bits per heavy atom. The van der Waals surface area contributed by atoms with Crippen molar-refractivity contribution in [1.29, 1.82) is 0 Å². The van der Waals surface area contributed by atoms with Gasteiger partial charge in [0.2, 0.25) is 24.5 Å². The summed E-state index contributed by atoms with van der Waals surface area (Å²) in [6.45, 7) is 3.59. The minimum absolute atomic E-state index is 0.0204. The predicted octanol–water partition coefficient (Wildman–Crippen LogP) is 1.43. The van der Waals surface area contributed by atoms with Gasteiger partial charge in [0.1, 0.15) is 0 Å². The van der Waals surface area contributed by atoms with Gasteiger partial charge < -0.3 is 24.6 Å². The third kappa shape index (κ3) is 6.10. The van der Waals surface area contributed by atoms with Crippen molar-refractivity contribution in [2.24, 2.45) is 5.92 Å². The average Bonchev–Trinajstić information content (AvgIpc) is 3.59. The smallest absolute Gasteiger partial charge is 0.308 e. The quantitative estimate of drug-likeness (QED) is 0.362. The lowest BCUT2D eigenvalue weighted by Crippen LogP contribution is -2.46. The second-order valence-electron chi connectivity index (χ2n) is 10.1. The highest BCUT2D eigenvalue weighted by Gasteiger charge is 2.48. The van der Waals surface area contributed by atoms with E-state index in [2.05, 4.69) is 0 Å². The van der Waals surface area contributed by atoms with Gasteiger partial charge in [0, 0.05) is 57.6 Å². The molecule has 3 aliphatic heterocycles. The number of hydrogen-bond acceptors (Lipinski definition) is 8. The average molecular weight is 532 g/mol. The van der Waals surface area contributed by atoms with E-state index in [0.29, 0.717) is 37.6 Å². The third-order valence-electron chi connectivity index (χ3n) is 7.72. The van der Waals surface area contributed by atoms with Gasteiger partial charge in [-0.1, -0.05) is 19.4 Å². The Morgan fingerprint density at radius 2 is 1.79 bits per heavy atom. The fourth-order valence-electron chi connectivity index (χ4n) is 5.71. The molecule has 3 amide bonds. The standard InChI is InChI=1S/C27H37N3O8/c1-2-3-10-28(11-4-13-31)25(34)16-29-15-19(18-5-6-21-22(14-18)38-17-37-21)26(27(35)36)20(29)9-12-30-23(32)7-8-24(30)33/h5-6,14,19-20,26,31H,2-4,7-13,15-17H2,1H3,(H,35,36). The van der Waals surface area contributed by atoms with Crippen molar-refractivity contribution in [1.82, 2.24) is 14.7 Å². The van der Waals surface area contributed by atoms with Gasteiger partial charge in [0.15, 0.2) is 11.5 Å². The second-order valence-corrected chi connectivity index (χ2v) is 10.1. The first kappa shape index (κ1) is 27.8. The molecule has 11 heteroatoms. The molecule has 0 radical (unpaired) electrons. The Bertz CT molecular complexity index is 1020. The van der Waals surface area contributed by atoms with Crippen LogP contribution in [0, 0.1) is 5.92 Å². The van der Waals surface area contributed by atoms with Gasteiger partial charge in [-0.2, -0.15) is 0 Å². The van der Waals surface area contributed by atoms with Crippen molar-refractivity contribution in [3.63, 3.8) is 0 Å². The van der Waals surface area contributed by atoms with Crippen molar-refractivity contribution in [3.8, 4) is 11.5 Å². The minimum Gasteiger partial charge on any atom is -0.481 e. The van der Waals surface area contributed by atoms with Crippen LogP contribution in [0.25, 0.3) is 0 Å². The lowest BCUT2D eigenvalue weighted by atomic mass is 9.84. The molecule has 1 aromatic rings. The summed E-state index contributed by atoms with van der Waals surface area (Å²) in [6, 6.07) is 4.84. The number of aliphatic hydroxyl groups is 1. The monoisotopic (exact) mass is 531 g/mol. The van der Waals surface area contributed by atoms with Crippen LogP contribution in [0.5, 0.6) is 11.5 Å². The summed E-state index contributed by atoms with van der Waals surface area (Å²) < 4.78 is 10.9. The van der Waals surface area contributed by atoms with E-state index in [-0.39, 0.29) is 63.5 Å². The summed E-state index contributed by atoms with van der Waals surface area (Å²) in [5.74, 6) is -1.72. The number of carboxylic acids is 1. The van der Waals surface area contributed by atoms with E-state index in [9.17, 15) is 29.4 Å². The molecule has 3 aliphatic rings. The van der Waals surface area contributed by atoms with Gasteiger partial charge in [-0.15, -0.1) is 0 Å². The lowest BCUT2D eigenvalue weighted by molar-refractivity contribution is -0.144. The lowest BCUT2D eigenvalue weighted by Gasteiger charge is -2.30. The van der Waals surface area contributed by atoms with E-state index < -0.39 is 23.8 Å². The first-order valence-electron chi connectivity index (χ1n) is 13.4. The van der Waals surface area contributed by atoms with Gasteiger partial charge in [0.05, 0.1) is 12.5 Å². The summed E-state index contributed by atoms with van der Waals surface area (Å²) in [5.41, 5.74) is 0.776. The van der Waals surface area contributed by atoms with Gasteiger partial charge in [0.25, 0.3) is 0 Å². The number of aliphatic carboxylic acids is 1. The van der Waals surface area contributed by atoms with Crippen molar-refractivity contribution in [3.05, 3.63) is 23.8 Å². The van der Waals surface area contributed by atoms with Crippen LogP contribution in [0.2, 0.25) is 0 Å². The molecular formula is C27H37N3O8. The fourth-order valence-corrected chi connectivity index (χ4v) is 5.71. The molecule has 0 aromatic heterocycles. The Labute approximate surface area is 222 Å². The number of aliphatic hydroxyl groups excluding tert-OH is 1. The Hall–Kier alpha value is -3.18. The normalized spacial score (nSPS) is 22.9. The van der Waals surface area contributed by atoms with Gasteiger partial charge in [-0.3, -0.25) is 29.0 Å². The number of ether oxygens (including phenoxy) is 2. The fraction of sp³-hybridized carbons (Fsp3) is 0.630. The number of benzene rings is 1. The minimum atomic E-state index is -0.991. The van der Waals surface area contributed by atoms with Crippen LogP contribution in [0.4, 0.5) is 0 Å². The molecule has 0 spiro atoms. The zero-order valence-corrected chi connectivity index (χ0v) is 21.8. The number of amides is 3. The molecule has 2 saturated heterocycles. The van der Waals surface area contributed by atoms with Crippen molar-refractivity contribution in [2.45, 2.75) is 57.4 Å². The number of fused-ring (bicyclic) bond motifs is 1. The predicted molar refractivity (Wildman–Crippen MR) is 136 cm³/mol. The molecule has 38 heavy (non-hydrogen) atoms. The number of carbonyl (C=O) groups excluding carboxylic acids is 3. The zero-order valence-electron chi connectivity index (χ0n) is 21.8. The van der Waals surface area contributed by atoms with Crippen LogP contribution in [0.15, 0.2) is 18.2 Å². The van der Waals surface area contributed by atoms with Crippen molar-refractivity contribution < 1.29 is 38.9 Å². The number of imide groups is 1. The van der Waals surface area contributed by atoms with Crippen LogP contribution in [0.3, 0.4) is 0 Å². The summed E-state index contributed by atoms with van der Waals surface area (Å²) in [4.78, 5) is 55.3. The van der Waals surface area contributed by atoms with Crippen molar-refractivity contribution >= 4 is 23.7 Å². The number of nitrogens with zero attached hydrogens (tertiary/aromatic N) is 3. The number of rotatable bonds is 13. The molecule has 3 unspecified atom stereocenters. The molecule has 2 N–H and O–H groups in total. The number of carbonyl (C=O) groups is 4. The highest BCUT2D eigenvalue weighted by Crippen LogP contribution is 2.42. The van der Waals surface area contributed by atoms with E-state index in [1.54, 1.807) is 17.0 Å². The largest absolute Gasteiger partial charge is 0.481 e. The maximum Gasteiger partial charge on any atom is 0.308 e. The van der Waals surface area contributed by atoms with E-state index in [4.69, 9.17) is 9.47 Å². The van der Waals surface area contributed by atoms with Crippen LogP contribution in [-0.4, -0.2) is 101 Å². The van der Waals surface area contributed by atoms with Gasteiger partial charge in [-0.05, 0) is 37.0 Å². The van der Waals surface area contributed by atoms with Crippen molar-refractivity contribution in [2.75, 3.05) is 46.1 Å². The van der Waals surface area contributed by atoms with Crippen LogP contribution >= 0.6 is 0 Å². The molecule has 4 rings (SSSR count). The summed E-state index contributed by atoms with van der Waals surface area (Å²) in [5, 5.41) is 19.6. The number of carboxylic acid groups (broad SMARTS) is 1. The second kappa shape index (κ2) is 12.6. The summed E-state index contributed by atoms with van der Waals surface area (Å²) in [7, 11) is 0. The zero-order chi connectivity index (χ0) is 27.2. The van der Waals surface area contributed by atoms with E-state index in [1.165, 1.54) is 4.90 Å². The van der Waals surface area contributed by atoms with E-state index in [1.807, 2.05) is 17.9 Å². The molecule has 2 fully saturated rings. The number of hydrogen-bond donors (Lipinski definition) is 2. The summed E-state index contributed by atoms with van der Waals surface area (Å²) >= 11 is 0. The van der Waals surface area contributed by atoms with Crippen LogP contribution in [-0.2, 0) is 19.2 Å². The summed E-state index contributed by atoms with van der Waals surface area (Å²) in [6.07, 6.45) is 2.82. The first-order chi connectivity index (χ1) is 18.3. The topological polar surface area (TPSA) is 137 Å². The molecule has 3 heterocycles. The molecule has 1 aromatic carbocycles. The van der Waals surface area contributed by atoms with Gasteiger partial charge >= 0.3 is 5.97 Å². The molecule has 3 atom stereocenters. The third-order valence-corrected chi connectivity index (χ3v) is 7.72. The van der Waals surface area contributed by atoms with Crippen LogP contribution in [0.1, 0.15) is 56.9 Å². The molecule has 0 aliphatic carbocycles. The maximum atomic E-state index is 13.4. The molecule has 0 saturated carbocycles. The molecular weight excluding hydrogens is 494 g/mol. The highest BCUT2D eigenvalue weighted by molar-refractivity contribution is 6.01. The molecule has 0 bridgehead atoms. The van der Waals surface area contributed by atoms with Crippen LogP contribution < -0.4 is 9.47 Å². The Kier molecular flexibility index (Phi) is 9.22. The number of unbranched alkanes of at least 4 members (excludes halogenated alkanes) is 1. The number of likely N-dealkylation sites (tertiary alicyclic amines) is 2. The van der Waals surface area contributed by atoms with E-state index in [0.717, 1.165) is 18.4 Å². The van der Waals surface area contributed by atoms with E-state index >= 15 is 0 Å². The Morgan fingerprint density at radius 3 is 2.47 bits per heavy atom. The van der Waals surface area contributed by atoms with Gasteiger partial charge in [-0.25, -0.2) is 0 Å².